The average Bonchev–Trinajstić information content (AvgIpc) is 2.48. The lowest BCUT2D eigenvalue weighted by atomic mass is 10.1. The van der Waals surface area contributed by atoms with Crippen LogP contribution in [0.15, 0.2) is 41.3 Å². The molecular weight excluding hydrogens is 284 g/mol. The fraction of sp³-hybridized carbons (Fsp3) is 0.312. The zero-order valence-electron chi connectivity index (χ0n) is 12.6. The zero-order chi connectivity index (χ0) is 16.1. The third kappa shape index (κ3) is 3.94. The van der Waals surface area contributed by atoms with E-state index in [0.29, 0.717) is 19.6 Å². The highest BCUT2D eigenvalue weighted by molar-refractivity contribution is 5.35. The van der Waals surface area contributed by atoms with Crippen molar-refractivity contribution in [2.45, 2.75) is 26.8 Å². The van der Waals surface area contributed by atoms with Crippen molar-refractivity contribution in [3.63, 3.8) is 0 Å². The van der Waals surface area contributed by atoms with Gasteiger partial charge in [0, 0.05) is 18.7 Å². The van der Waals surface area contributed by atoms with Gasteiger partial charge in [-0.1, -0.05) is 12.1 Å². The van der Waals surface area contributed by atoms with Crippen molar-refractivity contribution in [1.29, 1.82) is 0 Å². The first kappa shape index (κ1) is 15.8. The first-order valence-corrected chi connectivity index (χ1v) is 7.02. The van der Waals surface area contributed by atoms with E-state index >= 15 is 0 Å². The molecule has 2 aromatic rings. The Morgan fingerprint density at radius 2 is 2.00 bits per heavy atom. The molecule has 6 heteroatoms. The summed E-state index contributed by atoms with van der Waals surface area (Å²) in [5.41, 5.74) is 1.83. The Kier molecular flexibility index (Phi) is 4.93. The Labute approximate surface area is 128 Å². The van der Waals surface area contributed by atoms with E-state index in [1.165, 1.54) is 22.9 Å². The molecule has 0 amide bonds. The van der Waals surface area contributed by atoms with Gasteiger partial charge in [-0.2, -0.15) is 0 Å². The third-order valence-corrected chi connectivity index (χ3v) is 3.32. The van der Waals surface area contributed by atoms with Crippen molar-refractivity contribution in [2.24, 2.45) is 0 Å². The molecule has 0 aliphatic rings. The Bertz CT molecular complexity index is 737. The van der Waals surface area contributed by atoms with Crippen molar-refractivity contribution in [3.8, 4) is 5.75 Å². The largest absolute Gasteiger partial charge is 0.493 e. The molecule has 0 N–H and O–H groups in total. The topological polar surface area (TPSA) is 74.4 Å². The second-order valence-electron chi connectivity index (χ2n) is 5.15. The van der Waals surface area contributed by atoms with Crippen LogP contribution >= 0.6 is 0 Å². The summed E-state index contributed by atoms with van der Waals surface area (Å²) in [6.45, 7) is 4.79. The maximum Gasteiger partial charge on any atom is 0.285 e. The molecule has 6 nitrogen and oxygen atoms in total. The number of rotatable bonds is 6. The van der Waals surface area contributed by atoms with Crippen LogP contribution in [0.5, 0.6) is 5.75 Å². The highest BCUT2D eigenvalue weighted by atomic mass is 16.6. The Balaban J connectivity index is 1.94. The molecular formula is C16H18N2O4. The summed E-state index contributed by atoms with van der Waals surface area (Å²) < 4.78 is 7.05. The molecule has 0 atom stereocenters. The first-order chi connectivity index (χ1) is 10.5. The minimum absolute atomic E-state index is 0.0879. The molecule has 0 aliphatic carbocycles. The number of benzene rings is 1. The number of nitrogens with zero attached hydrogens (tertiary/aromatic N) is 2. The summed E-state index contributed by atoms with van der Waals surface area (Å²) in [6, 6.07) is 8.41. The summed E-state index contributed by atoms with van der Waals surface area (Å²) in [5.74, 6) is 0.825. The Morgan fingerprint density at radius 1 is 1.23 bits per heavy atom. The maximum atomic E-state index is 11.7. The van der Waals surface area contributed by atoms with Crippen LogP contribution in [0.3, 0.4) is 0 Å². The minimum atomic E-state index is -0.511. The second-order valence-corrected chi connectivity index (χ2v) is 5.15. The molecule has 0 saturated heterocycles. The molecule has 1 aromatic heterocycles. The molecule has 0 unspecified atom stereocenters. The molecule has 0 bridgehead atoms. The van der Waals surface area contributed by atoms with Gasteiger partial charge in [0.1, 0.15) is 5.75 Å². The van der Waals surface area contributed by atoms with Crippen LogP contribution in [0, 0.1) is 24.0 Å². The summed E-state index contributed by atoms with van der Waals surface area (Å²) in [6.07, 6.45) is 1.86. The van der Waals surface area contributed by atoms with E-state index in [1.807, 2.05) is 32.0 Å². The van der Waals surface area contributed by atoms with Gasteiger partial charge in [0.2, 0.25) is 0 Å². The molecule has 1 aromatic carbocycles. The smallest absolute Gasteiger partial charge is 0.285 e. The predicted molar refractivity (Wildman–Crippen MR) is 83.4 cm³/mol. The zero-order valence-corrected chi connectivity index (χ0v) is 12.6. The summed E-state index contributed by atoms with van der Waals surface area (Å²) in [7, 11) is 0. The lowest BCUT2D eigenvalue weighted by Crippen LogP contribution is -2.20. The molecule has 0 aliphatic heterocycles. The minimum Gasteiger partial charge on any atom is -0.493 e. The summed E-state index contributed by atoms with van der Waals surface area (Å²) in [5, 5.41) is 10.7. The van der Waals surface area contributed by atoms with Gasteiger partial charge in [0.05, 0.1) is 17.7 Å². The van der Waals surface area contributed by atoms with E-state index < -0.39 is 4.92 Å². The van der Waals surface area contributed by atoms with Crippen molar-refractivity contribution in [1.82, 2.24) is 4.57 Å². The molecule has 0 saturated carbocycles. The Morgan fingerprint density at radius 3 is 2.73 bits per heavy atom. The van der Waals surface area contributed by atoms with E-state index in [2.05, 4.69) is 0 Å². The van der Waals surface area contributed by atoms with Gasteiger partial charge in [-0.25, -0.2) is 0 Å². The van der Waals surface area contributed by atoms with Crippen LogP contribution in [0.4, 0.5) is 5.69 Å². The van der Waals surface area contributed by atoms with E-state index in [0.717, 1.165) is 16.9 Å². The highest BCUT2D eigenvalue weighted by Crippen LogP contribution is 2.19. The molecule has 1 heterocycles. The van der Waals surface area contributed by atoms with Crippen LogP contribution in [0.1, 0.15) is 17.5 Å². The number of hydrogen-bond donors (Lipinski definition) is 0. The van der Waals surface area contributed by atoms with Gasteiger partial charge in [-0.05, 0) is 37.5 Å². The van der Waals surface area contributed by atoms with Gasteiger partial charge in [0.15, 0.2) is 0 Å². The van der Waals surface area contributed by atoms with E-state index in [-0.39, 0.29) is 11.2 Å². The number of hydrogen-bond acceptors (Lipinski definition) is 4. The van der Waals surface area contributed by atoms with Crippen LogP contribution in [0.25, 0.3) is 0 Å². The molecule has 116 valence electrons. The van der Waals surface area contributed by atoms with Crippen LogP contribution in [-0.4, -0.2) is 16.1 Å². The molecule has 0 spiro atoms. The number of aromatic nitrogens is 1. The fourth-order valence-corrected chi connectivity index (χ4v) is 2.08. The monoisotopic (exact) mass is 302 g/mol. The van der Waals surface area contributed by atoms with Crippen molar-refractivity contribution in [3.05, 3.63) is 68.1 Å². The number of ether oxygens (including phenoxy) is 1. The van der Waals surface area contributed by atoms with Gasteiger partial charge < -0.3 is 9.30 Å². The van der Waals surface area contributed by atoms with Crippen molar-refractivity contribution >= 4 is 5.69 Å². The Hall–Kier alpha value is -2.63. The number of pyridine rings is 1. The van der Waals surface area contributed by atoms with Crippen molar-refractivity contribution in [2.75, 3.05) is 6.61 Å². The molecule has 22 heavy (non-hydrogen) atoms. The SMILES string of the molecule is Cc1ccc(C)c(OCCCn2cc([N+](=O)[O-])ccc2=O)c1. The average molecular weight is 302 g/mol. The normalized spacial score (nSPS) is 10.5. The van der Waals surface area contributed by atoms with E-state index in [4.69, 9.17) is 4.74 Å². The third-order valence-electron chi connectivity index (χ3n) is 3.32. The van der Waals surface area contributed by atoms with Crippen LogP contribution in [0.2, 0.25) is 0 Å². The quantitative estimate of drug-likeness (QED) is 0.467. The van der Waals surface area contributed by atoms with Crippen LogP contribution in [-0.2, 0) is 6.54 Å². The summed E-state index contributed by atoms with van der Waals surface area (Å²) in [4.78, 5) is 21.9. The van der Waals surface area contributed by atoms with Crippen LogP contribution < -0.4 is 10.3 Å². The van der Waals surface area contributed by atoms with Gasteiger partial charge in [0.25, 0.3) is 11.2 Å². The lowest BCUT2D eigenvalue weighted by molar-refractivity contribution is -0.385. The van der Waals surface area contributed by atoms with E-state index in [1.54, 1.807) is 0 Å². The standard InChI is InChI=1S/C16H18N2O4/c1-12-4-5-13(2)15(10-12)22-9-3-8-17-11-14(18(20)21)6-7-16(17)19/h4-7,10-11H,3,8-9H2,1-2H3. The highest BCUT2D eigenvalue weighted by Gasteiger charge is 2.07. The first-order valence-electron chi connectivity index (χ1n) is 7.02. The fourth-order valence-electron chi connectivity index (χ4n) is 2.08. The van der Waals surface area contributed by atoms with Gasteiger partial charge in [-0.15, -0.1) is 0 Å². The predicted octanol–water partition coefficient (Wildman–Crippen LogP) is 2.84. The van der Waals surface area contributed by atoms with Gasteiger partial charge in [-0.3, -0.25) is 14.9 Å². The number of aryl methyl sites for hydroxylation is 3. The summed E-state index contributed by atoms with van der Waals surface area (Å²) >= 11 is 0. The maximum absolute atomic E-state index is 11.7. The lowest BCUT2D eigenvalue weighted by Gasteiger charge is -2.10. The molecule has 0 fully saturated rings. The molecule has 0 radical (unpaired) electrons. The van der Waals surface area contributed by atoms with Crippen molar-refractivity contribution < 1.29 is 9.66 Å². The van der Waals surface area contributed by atoms with E-state index in [9.17, 15) is 14.9 Å². The van der Waals surface area contributed by atoms with Gasteiger partial charge >= 0.3 is 0 Å². The second kappa shape index (κ2) is 6.89. The molecule has 2 rings (SSSR count). The number of nitro groups is 1.